The first-order valence-electron chi connectivity index (χ1n) is 6.85. The number of benzene rings is 1. The van der Waals surface area contributed by atoms with E-state index in [-0.39, 0.29) is 5.84 Å². The smallest absolute Gasteiger partial charge is 0.328 e. The number of esters is 1. The molecule has 2 rings (SSSR count). The second kappa shape index (κ2) is 5.71. The van der Waals surface area contributed by atoms with Crippen molar-refractivity contribution in [3.63, 3.8) is 0 Å². The summed E-state index contributed by atoms with van der Waals surface area (Å²) >= 11 is 0. The highest BCUT2D eigenvalue weighted by Gasteiger charge is 2.54. The Morgan fingerprint density at radius 2 is 1.87 bits per heavy atom. The standard InChI is InChI=1S/C15H18N4O4/c1-15(10-6-4-9(5-7-10)12(16)17)13(21)19(8-11(20)23-3)14(22)18(15)2/h4-7H,8H2,1-3H3,(H3,16,17). The maximum Gasteiger partial charge on any atom is 0.328 e. The molecule has 1 fully saturated rings. The summed E-state index contributed by atoms with van der Waals surface area (Å²) in [6.45, 7) is 1.17. The summed E-state index contributed by atoms with van der Waals surface area (Å²) in [6, 6.07) is 5.92. The van der Waals surface area contributed by atoms with E-state index in [4.69, 9.17) is 11.1 Å². The molecule has 3 N–H and O–H groups in total. The van der Waals surface area contributed by atoms with E-state index >= 15 is 0 Å². The molecule has 1 heterocycles. The number of methoxy groups -OCH3 is 1. The first kappa shape index (κ1) is 16.5. The fourth-order valence-corrected chi connectivity index (χ4v) is 2.49. The van der Waals surface area contributed by atoms with E-state index in [1.165, 1.54) is 19.1 Å². The largest absolute Gasteiger partial charge is 0.468 e. The first-order chi connectivity index (χ1) is 10.7. The second-order valence-corrected chi connectivity index (χ2v) is 5.37. The van der Waals surface area contributed by atoms with Gasteiger partial charge in [0, 0.05) is 12.6 Å². The molecule has 0 spiro atoms. The summed E-state index contributed by atoms with van der Waals surface area (Å²) < 4.78 is 4.52. The van der Waals surface area contributed by atoms with Gasteiger partial charge in [0.1, 0.15) is 17.9 Å². The molecule has 1 aliphatic rings. The number of urea groups is 1. The SMILES string of the molecule is COC(=O)CN1C(=O)N(C)C(C)(c2ccc(C(=N)N)cc2)C1=O. The van der Waals surface area contributed by atoms with Crippen molar-refractivity contribution in [2.75, 3.05) is 20.7 Å². The average molecular weight is 318 g/mol. The Kier molecular flexibility index (Phi) is 4.09. The predicted molar refractivity (Wildman–Crippen MR) is 81.7 cm³/mol. The Balaban J connectivity index is 2.40. The van der Waals surface area contributed by atoms with Crippen molar-refractivity contribution in [1.29, 1.82) is 5.41 Å². The maximum atomic E-state index is 12.7. The minimum Gasteiger partial charge on any atom is -0.468 e. The molecule has 1 atom stereocenters. The van der Waals surface area contributed by atoms with Crippen LogP contribution in [0.1, 0.15) is 18.1 Å². The van der Waals surface area contributed by atoms with Crippen molar-refractivity contribution >= 4 is 23.7 Å². The molecule has 8 nitrogen and oxygen atoms in total. The molecule has 0 aromatic heterocycles. The number of rotatable bonds is 4. The third-order valence-corrected chi connectivity index (χ3v) is 4.12. The molecule has 1 aliphatic heterocycles. The van der Waals surface area contributed by atoms with E-state index in [0.717, 1.165) is 4.90 Å². The number of nitrogens with two attached hydrogens (primary N) is 1. The number of carbonyl (C=O) groups excluding carboxylic acids is 3. The summed E-state index contributed by atoms with van der Waals surface area (Å²) in [5.41, 5.74) is 5.26. The minimum absolute atomic E-state index is 0.0869. The minimum atomic E-state index is -1.24. The second-order valence-electron chi connectivity index (χ2n) is 5.37. The van der Waals surface area contributed by atoms with Gasteiger partial charge in [0.05, 0.1) is 7.11 Å². The van der Waals surface area contributed by atoms with Crippen LogP contribution in [0.15, 0.2) is 24.3 Å². The van der Waals surface area contributed by atoms with E-state index in [1.807, 2.05) is 0 Å². The van der Waals surface area contributed by atoms with Crippen LogP contribution in [0.2, 0.25) is 0 Å². The van der Waals surface area contributed by atoms with Gasteiger partial charge in [0.25, 0.3) is 5.91 Å². The molecule has 0 saturated carbocycles. The molecule has 0 aliphatic carbocycles. The van der Waals surface area contributed by atoms with Crippen LogP contribution in [0.25, 0.3) is 0 Å². The van der Waals surface area contributed by atoms with Crippen LogP contribution >= 0.6 is 0 Å². The molecule has 0 radical (unpaired) electrons. The number of amides is 3. The van der Waals surface area contributed by atoms with Gasteiger partial charge in [-0.05, 0) is 12.5 Å². The molecule has 1 aromatic carbocycles. The number of likely N-dealkylation sites (N-methyl/N-ethyl adjacent to an activating group) is 1. The fourth-order valence-electron chi connectivity index (χ4n) is 2.49. The Morgan fingerprint density at radius 1 is 1.30 bits per heavy atom. The van der Waals surface area contributed by atoms with Crippen molar-refractivity contribution in [3.8, 4) is 0 Å². The highest BCUT2D eigenvalue weighted by Crippen LogP contribution is 2.35. The third kappa shape index (κ3) is 2.52. The number of carbonyl (C=O) groups is 3. The van der Waals surface area contributed by atoms with Gasteiger partial charge < -0.3 is 15.4 Å². The molecule has 1 unspecified atom stereocenters. The Hall–Kier alpha value is -2.90. The maximum absolute atomic E-state index is 12.7. The lowest BCUT2D eigenvalue weighted by Gasteiger charge is -2.29. The zero-order valence-electron chi connectivity index (χ0n) is 13.1. The topological polar surface area (TPSA) is 117 Å². The average Bonchev–Trinajstić information content (AvgIpc) is 2.71. The van der Waals surface area contributed by atoms with Gasteiger partial charge in [-0.15, -0.1) is 0 Å². The van der Waals surface area contributed by atoms with E-state index in [1.54, 1.807) is 31.2 Å². The van der Waals surface area contributed by atoms with Gasteiger partial charge in [0.15, 0.2) is 0 Å². The van der Waals surface area contributed by atoms with E-state index in [0.29, 0.717) is 11.1 Å². The molecule has 0 bridgehead atoms. The summed E-state index contributed by atoms with van der Waals surface area (Å²) in [5, 5.41) is 7.39. The lowest BCUT2D eigenvalue weighted by atomic mass is 9.90. The number of nitrogens with one attached hydrogen (secondary N) is 1. The van der Waals surface area contributed by atoms with E-state index in [9.17, 15) is 14.4 Å². The van der Waals surface area contributed by atoms with Crippen LogP contribution in [-0.2, 0) is 19.9 Å². The van der Waals surface area contributed by atoms with Gasteiger partial charge in [0.2, 0.25) is 0 Å². The van der Waals surface area contributed by atoms with Gasteiger partial charge in [-0.2, -0.15) is 0 Å². The van der Waals surface area contributed by atoms with Crippen LogP contribution in [0.5, 0.6) is 0 Å². The lowest BCUT2D eigenvalue weighted by Crippen LogP contribution is -2.42. The number of imide groups is 1. The molecule has 23 heavy (non-hydrogen) atoms. The number of amidine groups is 1. The molecule has 1 aromatic rings. The summed E-state index contributed by atoms with van der Waals surface area (Å²) in [4.78, 5) is 38.6. The molecular formula is C15H18N4O4. The van der Waals surface area contributed by atoms with Crippen molar-refractivity contribution in [2.24, 2.45) is 5.73 Å². The van der Waals surface area contributed by atoms with Gasteiger partial charge in [-0.3, -0.25) is 19.9 Å². The molecule has 122 valence electrons. The molecule has 8 heteroatoms. The monoisotopic (exact) mass is 318 g/mol. The Morgan fingerprint density at radius 3 is 2.35 bits per heavy atom. The van der Waals surface area contributed by atoms with Crippen molar-refractivity contribution in [1.82, 2.24) is 9.80 Å². The zero-order chi connectivity index (χ0) is 17.4. The van der Waals surface area contributed by atoms with Crippen LogP contribution < -0.4 is 5.73 Å². The number of hydrogen-bond donors (Lipinski definition) is 2. The number of ether oxygens (including phenoxy) is 1. The normalized spacial score (nSPS) is 20.8. The van der Waals surface area contributed by atoms with Crippen molar-refractivity contribution in [3.05, 3.63) is 35.4 Å². The first-order valence-corrected chi connectivity index (χ1v) is 6.85. The summed E-state index contributed by atoms with van der Waals surface area (Å²) in [5.74, 6) is -1.27. The lowest BCUT2D eigenvalue weighted by molar-refractivity contribution is -0.145. The molecular weight excluding hydrogens is 300 g/mol. The van der Waals surface area contributed by atoms with Crippen LogP contribution in [-0.4, -0.2) is 54.2 Å². The van der Waals surface area contributed by atoms with Crippen LogP contribution in [0, 0.1) is 5.41 Å². The predicted octanol–water partition coefficient (Wildman–Crippen LogP) is 0.253. The van der Waals surface area contributed by atoms with E-state index < -0.39 is 30.0 Å². The van der Waals surface area contributed by atoms with Gasteiger partial charge >= 0.3 is 12.0 Å². The Labute approximate surface area is 133 Å². The molecule has 1 saturated heterocycles. The highest BCUT2D eigenvalue weighted by atomic mass is 16.5. The summed E-state index contributed by atoms with van der Waals surface area (Å²) in [6.07, 6.45) is 0. The Bertz CT molecular complexity index is 685. The fraction of sp³-hybridized carbons (Fsp3) is 0.333. The quantitative estimate of drug-likeness (QED) is 0.357. The summed E-state index contributed by atoms with van der Waals surface area (Å²) in [7, 11) is 2.69. The van der Waals surface area contributed by atoms with Gasteiger partial charge in [-0.25, -0.2) is 4.79 Å². The van der Waals surface area contributed by atoms with Crippen LogP contribution in [0.3, 0.4) is 0 Å². The third-order valence-electron chi connectivity index (χ3n) is 4.12. The number of nitrogen functional groups attached to an aromatic ring is 1. The number of nitrogens with zero attached hydrogens (tertiary/aromatic N) is 2. The zero-order valence-corrected chi connectivity index (χ0v) is 13.1. The van der Waals surface area contributed by atoms with Crippen molar-refractivity contribution in [2.45, 2.75) is 12.5 Å². The van der Waals surface area contributed by atoms with Gasteiger partial charge in [-0.1, -0.05) is 24.3 Å². The van der Waals surface area contributed by atoms with Crippen LogP contribution in [0.4, 0.5) is 4.79 Å². The van der Waals surface area contributed by atoms with Crippen molar-refractivity contribution < 1.29 is 19.1 Å². The molecule has 3 amide bonds. The number of hydrogen-bond acceptors (Lipinski definition) is 5. The van der Waals surface area contributed by atoms with E-state index in [2.05, 4.69) is 4.74 Å². The highest BCUT2D eigenvalue weighted by molar-refractivity contribution is 6.08.